The molecule has 2 saturated heterocycles. The number of carbonyl (C=O) groups excluding carboxylic acids is 4. The van der Waals surface area contributed by atoms with Crippen LogP contribution in [0.25, 0.3) is 33.6 Å². The molecule has 59 heavy (non-hydrogen) atoms. The van der Waals surface area contributed by atoms with Gasteiger partial charge in [-0.05, 0) is 54.2 Å². The monoisotopic (exact) mass is 812 g/mol. The lowest BCUT2D eigenvalue weighted by Crippen LogP contribution is -2.51. The molecular formula is C43H56N8O8. The van der Waals surface area contributed by atoms with E-state index in [1.165, 1.54) is 7.11 Å². The number of nitrogens with two attached hydrogens (primary N) is 1. The predicted octanol–water partition coefficient (Wildman–Crippen LogP) is 6.12. The largest absolute Gasteiger partial charge is 0.453 e. The van der Waals surface area contributed by atoms with E-state index in [2.05, 4.69) is 39.6 Å². The summed E-state index contributed by atoms with van der Waals surface area (Å²) in [7, 11) is 4.45. The van der Waals surface area contributed by atoms with Crippen LogP contribution in [0.3, 0.4) is 0 Å². The van der Waals surface area contributed by atoms with E-state index in [4.69, 9.17) is 34.6 Å². The zero-order chi connectivity index (χ0) is 42.4. The third-order valence-electron chi connectivity index (χ3n) is 11.2. The van der Waals surface area contributed by atoms with Crippen molar-refractivity contribution in [2.75, 3.05) is 34.4 Å². The van der Waals surface area contributed by atoms with Crippen molar-refractivity contribution in [2.24, 2.45) is 17.6 Å². The lowest BCUT2D eigenvalue weighted by molar-refractivity contribution is -0.143. The van der Waals surface area contributed by atoms with Gasteiger partial charge in [-0.2, -0.15) is 0 Å². The summed E-state index contributed by atoms with van der Waals surface area (Å²) in [4.78, 5) is 71.1. The number of ether oxygens (including phenoxy) is 4. The number of primary amides is 1. The molecule has 2 aromatic heterocycles. The van der Waals surface area contributed by atoms with Gasteiger partial charge < -0.3 is 49.8 Å². The minimum atomic E-state index is -0.992. The van der Waals surface area contributed by atoms with E-state index in [9.17, 15) is 19.2 Å². The quantitative estimate of drug-likeness (QED) is 0.101. The second-order valence-electron chi connectivity index (χ2n) is 15.7. The van der Waals surface area contributed by atoms with Gasteiger partial charge in [0.05, 0.1) is 36.3 Å². The van der Waals surface area contributed by atoms with Crippen molar-refractivity contribution in [1.82, 2.24) is 35.1 Å². The number of rotatable bonds is 15. The first-order chi connectivity index (χ1) is 28.3. The van der Waals surface area contributed by atoms with Crippen molar-refractivity contribution in [3.8, 4) is 33.6 Å². The first kappa shape index (κ1) is 42.9. The van der Waals surface area contributed by atoms with Crippen LogP contribution in [0.2, 0.25) is 0 Å². The molecule has 4 aromatic rings. The molecule has 2 aliphatic heterocycles. The highest BCUT2D eigenvalue weighted by Crippen LogP contribution is 2.36. The summed E-state index contributed by atoms with van der Waals surface area (Å²) in [5, 5.41) is 2.69. The minimum absolute atomic E-state index is 0.118. The summed E-state index contributed by atoms with van der Waals surface area (Å²) in [6, 6.07) is 15.1. The number of imidazole rings is 2. The Morgan fingerprint density at radius 3 is 1.88 bits per heavy atom. The van der Waals surface area contributed by atoms with Gasteiger partial charge in [-0.1, -0.05) is 76.2 Å². The number of carbonyl (C=O) groups is 4. The minimum Gasteiger partial charge on any atom is -0.453 e. The molecule has 4 atom stereocenters. The molecule has 16 nitrogen and oxygen atoms in total. The highest BCUT2D eigenvalue weighted by molar-refractivity contribution is 5.86. The fourth-order valence-corrected chi connectivity index (χ4v) is 7.98. The number of H-pyrrole nitrogens is 2. The van der Waals surface area contributed by atoms with Gasteiger partial charge in [0.25, 0.3) is 5.91 Å². The number of aromatic amines is 2. The van der Waals surface area contributed by atoms with Gasteiger partial charge in [0.2, 0.25) is 5.91 Å². The van der Waals surface area contributed by atoms with E-state index in [0.717, 1.165) is 58.6 Å². The van der Waals surface area contributed by atoms with Crippen LogP contribution in [-0.2, 0) is 35.0 Å². The number of nitrogens with zero attached hydrogens (tertiary/aromatic N) is 4. The zero-order valence-corrected chi connectivity index (χ0v) is 34.8. The number of hydrogen-bond donors (Lipinski definition) is 4. The summed E-state index contributed by atoms with van der Waals surface area (Å²) in [6.45, 7) is 8.51. The van der Waals surface area contributed by atoms with Gasteiger partial charge in [0.1, 0.15) is 17.7 Å². The number of benzene rings is 2. The third kappa shape index (κ3) is 9.60. The molecule has 2 aromatic carbocycles. The normalized spacial score (nSPS) is 17.8. The standard InChI is InChI=1S/C43H56N8O8/c1-24(2)35(49-43(55)58-7)40(52)50-20-8-10-32(50)38-45-23-31(47-38)28-16-12-26(13-17-28)27-14-18-29(19-15-27)36-30(22-34(56-5)57-6)46-39(48-36)33-11-9-21-51(33)41(53)37(25(3)4)59-42(44)54/h12-19,23-25,32-35,37H,8-11,20-22H2,1-7H3,(H2,44,54)(H,45,47)(H,46,48)(H,49,55)/t32?,33-,35?,37-/m0/s1. The Morgan fingerprint density at radius 1 is 0.780 bits per heavy atom. The molecule has 2 fully saturated rings. The molecule has 0 spiro atoms. The Balaban J connectivity index is 1.19. The molecule has 4 heterocycles. The van der Waals surface area contributed by atoms with Crippen molar-refractivity contribution in [3.05, 3.63) is 72.1 Å². The van der Waals surface area contributed by atoms with Crippen molar-refractivity contribution in [3.63, 3.8) is 0 Å². The lowest BCUT2D eigenvalue weighted by atomic mass is 10.0. The van der Waals surface area contributed by atoms with Crippen molar-refractivity contribution >= 4 is 24.0 Å². The maximum absolute atomic E-state index is 13.7. The molecule has 4 amide bonds. The second kappa shape index (κ2) is 18.9. The van der Waals surface area contributed by atoms with Crippen LogP contribution in [0.1, 0.15) is 82.8 Å². The Morgan fingerprint density at radius 2 is 1.34 bits per heavy atom. The molecule has 0 radical (unpaired) electrons. The van der Waals surface area contributed by atoms with Crippen LogP contribution in [-0.4, -0.2) is 107 Å². The molecule has 5 N–H and O–H groups in total. The van der Waals surface area contributed by atoms with Crippen molar-refractivity contribution in [1.29, 1.82) is 0 Å². The van der Waals surface area contributed by atoms with Gasteiger partial charge in [-0.3, -0.25) is 9.59 Å². The Kier molecular flexibility index (Phi) is 13.7. The summed E-state index contributed by atoms with van der Waals surface area (Å²) >= 11 is 0. The number of amides is 4. The summed E-state index contributed by atoms with van der Waals surface area (Å²) in [5.41, 5.74) is 11.5. The maximum Gasteiger partial charge on any atom is 0.407 e. The van der Waals surface area contributed by atoms with E-state index in [-0.39, 0.29) is 35.7 Å². The fourth-order valence-electron chi connectivity index (χ4n) is 7.98. The Bertz CT molecular complexity index is 2070. The van der Waals surface area contributed by atoms with E-state index < -0.39 is 30.6 Å². The number of likely N-dealkylation sites (tertiary alicyclic amines) is 2. The number of hydrogen-bond acceptors (Lipinski definition) is 10. The van der Waals surface area contributed by atoms with Crippen LogP contribution in [0.5, 0.6) is 0 Å². The van der Waals surface area contributed by atoms with Crippen LogP contribution in [0, 0.1) is 11.8 Å². The summed E-state index contributed by atoms with van der Waals surface area (Å²) in [6.07, 6.45) is 2.16. The van der Waals surface area contributed by atoms with Gasteiger partial charge in [-0.15, -0.1) is 0 Å². The molecule has 0 bridgehead atoms. The first-order valence-electron chi connectivity index (χ1n) is 20.2. The SMILES string of the molecule is COC(=O)NC(C(=O)N1CCCC1c1nc(-c2ccc(-c3ccc(-c4[nH]c([C@@H]5CCCN5C(=O)[C@@H](OC(N)=O)C(C)C)nc4CC(OC)OC)cc3)cc2)c[nH]1)C(C)C. The van der Waals surface area contributed by atoms with Crippen LogP contribution in [0.15, 0.2) is 54.7 Å². The van der Waals surface area contributed by atoms with Crippen LogP contribution < -0.4 is 11.1 Å². The average Bonchev–Trinajstić information content (AvgIpc) is 4.07. The Hall–Kier alpha value is -5.74. The highest BCUT2D eigenvalue weighted by Gasteiger charge is 2.40. The van der Waals surface area contributed by atoms with Gasteiger partial charge in [0, 0.05) is 45.5 Å². The molecule has 2 aliphatic rings. The van der Waals surface area contributed by atoms with E-state index in [1.807, 2.05) is 58.2 Å². The van der Waals surface area contributed by atoms with E-state index in [0.29, 0.717) is 37.6 Å². The highest BCUT2D eigenvalue weighted by atomic mass is 16.7. The molecule has 6 rings (SSSR count). The summed E-state index contributed by atoms with van der Waals surface area (Å²) in [5.74, 6) is 0.518. The van der Waals surface area contributed by atoms with Gasteiger partial charge >= 0.3 is 12.2 Å². The van der Waals surface area contributed by atoms with Crippen LogP contribution in [0.4, 0.5) is 9.59 Å². The Labute approximate surface area is 344 Å². The van der Waals surface area contributed by atoms with Crippen molar-refractivity contribution < 1.29 is 38.1 Å². The zero-order valence-electron chi connectivity index (χ0n) is 34.8. The maximum atomic E-state index is 13.7. The molecule has 16 heteroatoms. The smallest absolute Gasteiger partial charge is 0.407 e. The van der Waals surface area contributed by atoms with Crippen molar-refractivity contribution in [2.45, 2.75) is 90.3 Å². The topological polar surface area (TPSA) is 207 Å². The number of alkyl carbamates (subject to hydrolysis) is 1. The van der Waals surface area contributed by atoms with Gasteiger partial charge in [0.15, 0.2) is 12.4 Å². The lowest BCUT2D eigenvalue weighted by Gasteiger charge is -2.29. The molecular weight excluding hydrogens is 757 g/mol. The predicted molar refractivity (Wildman–Crippen MR) is 219 cm³/mol. The average molecular weight is 813 g/mol. The molecule has 0 saturated carbocycles. The second-order valence-corrected chi connectivity index (χ2v) is 15.7. The van der Waals surface area contributed by atoms with Gasteiger partial charge in [-0.25, -0.2) is 19.6 Å². The number of methoxy groups -OCH3 is 3. The number of nitrogens with one attached hydrogen (secondary N) is 3. The molecule has 2 unspecified atom stereocenters. The van der Waals surface area contributed by atoms with Crippen LogP contribution >= 0.6 is 0 Å². The number of aromatic nitrogens is 4. The molecule has 316 valence electrons. The fraction of sp³-hybridized carbons (Fsp3) is 0.488. The summed E-state index contributed by atoms with van der Waals surface area (Å²) < 4.78 is 21.1. The van der Waals surface area contributed by atoms with E-state index in [1.54, 1.807) is 24.0 Å². The molecule has 0 aliphatic carbocycles. The third-order valence-corrected chi connectivity index (χ3v) is 11.2. The first-order valence-corrected chi connectivity index (χ1v) is 20.2. The van der Waals surface area contributed by atoms with E-state index >= 15 is 0 Å².